The molecule has 0 aliphatic rings. The smallest absolute Gasteiger partial charge is 0.291 e. The van der Waals surface area contributed by atoms with Gasteiger partial charge in [-0.25, -0.2) is 17.2 Å². The molecule has 2 aromatic heterocycles. The first-order valence-electron chi connectivity index (χ1n) is 10.0. The molecule has 9 nitrogen and oxygen atoms in total. The molecule has 0 fully saturated rings. The number of hydrogen-bond acceptors (Lipinski definition) is 7. The van der Waals surface area contributed by atoms with Gasteiger partial charge in [-0.3, -0.25) is 9.52 Å². The Bertz CT molecular complexity index is 1540. The first-order valence-corrected chi connectivity index (χ1v) is 11.9. The minimum atomic E-state index is -4.00. The summed E-state index contributed by atoms with van der Waals surface area (Å²) in [5.41, 5.74) is 0.212. The van der Waals surface area contributed by atoms with Crippen molar-refractivity contribution < 1.29 is 39.9 Å². The zero-order chi connectivity index (χ0) is 26.7. The molecule has 1 amide bonds. The lowest BCUT2D eigenvalue weighted by Crippen LogP contribution is -2.15. The molecule has 2 aromatic carbocycles. The number of nitrogens with one attached hydrogen (secondary N) is 2. The van der Waals surface area contributed by atoms with Gasteiger partial charge in [0.15, 0.2) is 34.1 Å². The van der Waals surface area contributed by atoms with E-state index in [1.54, 1.807) is 0 Å². The van der Waals surface area contributed by atoms with Gasteiger partial charge in [-0.15, -0.1) is 10.2 Å². The number of amides is 1. The molecule has 0 spiro atoms. The third kappa shape index (κ3) is 5.98. The number of nitrogens with zero attached hydrogens (tertiary/aromatic N) is 2. The van der Waals surface area contributed by atoms with E-state index in [-0.39, 0.29) is 39.1 Å². The fourth-order valence-corrected chi connectivity index (χ4v) is 3.97. The van der Waals surface area contributed by atoms with E-state index in [1.165, 1.54) is 48.5 Å². The Morgan fingerprint density at radius 2 is 1.62 bits per heavy atom. The molecule has 15 heteroatoms. The lowest BCUT2D eigenvalue weighted by Gasteiger charge is -2.09. The van der Waals surface area contributed by atoms with E-state index in [4.69, 9.17) is 20.8 Å². The molecule has 0 aliphatic heterocycles. The standard InChI is InChI=1S/C22H13ClF4N4O5S/c23-17-7-8-18(30-29-17)31-37(33,34)13-4-1-11(2-5-13)28-22(32)16-6-3-12(36-16)10-35-21-19(26)14(24)9-15(25)20(21)27/h1-9H,10H2,(H,28,32)(H,30,31). The summed E-state index contributed by atoms with van der Waals surface area (Å²) in [6, 6.07) is 10.3. The van der Waals surface area contributed by atoms with Crippen molar-refractivity contribution >= 4 is 39.0 Å². The van der Waals surface area contributed by atoms with Crippen molar-refractivity contribution in [1.82, 2.24) is 10.2 Å². The Morgan fingerprint density at radius 3 is 2.24 bits per heavy atom. The predicted molar refractivity (Wildman–Crippen MR) is 122 cm³/mol. The molecule has 192 valence electrons. The quantitative estimate of drug-likeness (QED) is 0.233. The molecule has 0 bridgehead atoms. The minimum Gasteiger partial charge on any atom is -0.479 e. The van der Waals surface area contributed by atoms with Gasteiger partial charge in [-0.1, -0.05) is 11.6 Å². The van der Waals surface area contributed by atoms with Gasteiger partial charge in [-0.2, -0.15) is 8.78 Å². The van der Waals surface area contributed by atoms with Gasteiger partial charge < -0.3 is 14.5 Å². The van der Waals surface area contributed by atoms with Gasteiger partial charge in [0.05, 0.1) is 4.90 Å². The van der Waals surface area contributed by atoms with Gasteiger partial charge in [0.25, 0.3) is 15.9 Å². The number of ether oxygens (including phenoxy) is 1. The Labute approximate surface area is 211 Å². The van der Waals surface area contributed by atoms with Crippen LogP contribution >= 0.6 is 11.6 Å². The van der Waals surface area contributed by atoms with Crippen molar-refractivity contribution in [3.63, 3.8) is 0 Å². The summed E-state index contributed by atoms with van der Waals surface area (Å²) >= 11 is 5.62. The summed E-state index contributed by atoms with van der Waals surface area (Å²) in [5, 5.41) is 9.70. The molecular weight excluding hydrogens is 544 g/mol. The Balaban J connectivity index is 1.38. The molecule has 0 saturated carbocycles. The molecule has 4 aromatic rings. The lowest BCUT2D eigenvalue weighted by atomic mass is 10.3. The number of halogens is 5. The van der Waals surface area contributed by atoms with Crippen LogP contribution in [0.25, 0.3) is 0 Å². The maximum Gasteiger partial charge on any atom is 0.291 e. The van der Waals surface area contributed by atoms with Crippen LogP contribution < -0.4 is 14.8 Å². The van der Waals surface area contributed by atoms with Gasteiger partial charge in [0, 0.05) is 11.8 Å². The Hall–Kier alpha value is -4.17. The summed E-state index contributed by atoms with van der Waals surface area (Å²) in [6.45, 7) is -0.637. The highest BCUT2D eigenvalue weighted by Crippen LogP contribution is 2.27. The van der Waals surface area contributed by atoms with Crippen molar-refractivity contribution in [1.29, 1.82) is 0 Å². The van der Waals surface area contributed by atoms with Crippen LogP contribution in [0.3, 0.4) is 0 Å². The Morgan fingerprint density at radius 1 is 0.946 bits per heavy atom. The zero-order valence-corrected chi connectivity index (χ0v) is 19.7. The van der Waals surface area contributed by atoms with Crippen LogP contribution in [-0.4, -0.2) is 24.5 Å². The van der Waals surface area contributed by atoms with Crippen LogP contribution in [-0.2, 0) is 16.6 Å². The van der Waals surface area contributed by atoms with Crippen molar-refractivity contribution in [2.75, 3.05) is 10.0 Å². The second kappa shape index (κ2) is 10.4. The number of hydrogen-bond donors (Lipinski definition) is 2. The highest BCUT2D eigenvalue weighted by Gasteiger charge is 2.22. The zero-order valence-electron chi connectivity index (χ0n) is 18.1. The molecule has 0 aliphatic carbocycles. The number of rotatable bonds is 8. The minimum absolute atomic E-state index is 0.0413. The first-order chi connectivity index (χ1) is 17.5. The molecular formula is C22H13ClF4N4O5S. The topological polar surface area (TPSA) is 123 Å². The van der Waals surface area contributed by atoms with E-state index in [9.17, 15) is 30.8 Å². The van der Waals surface area contributed by atoms with Crippen LogP contribution in [0.5, 0.6) is 5.75 Å². The summed E-state index contributed by atoms with van der Waals surface area (Å²) in [6.07, 6.45) is 0. The number of benzene rings is 2. The fourth-order valence-electron chi connectivity index (χ4n) is 2.88. The number of carbonyl (C=O) groups excluding carboxylic acids is 1. The van der Waals surface area contributed by atoms with E-state index in [1.807, 2.05) is 0 Å². The Kier molecular flexibility index (Phi) is 7.31. The van der Waals surface area contributed by atoms with Crippen molar-refractivity contribution in [3.8, 4) is 5.75 Å². The molecule has 2 N–H and O–H groups in total. The first kappa shape index (κ1) is 25.9. The monoisotopic (exact) mass is 556 g/mol. The van der Waals surface area contributed by atoms with Gasteiger partial charge in [-0.05, 0) is 48.5 Å². The van der Waals surface area contributed by atoms with E-state index < -0.39 is 51.6 Å². The number of furan rings is 1. The maximum absolute atomic E-state index is 13.7. The molecule has 2 heterocycles. The van der Waals surface area contributed by atoms with E-state index in [0.29, 0.717) is 0 Å². The van der Waals surface area contributed by atoms with Crippen LogP contribution in [0, 0.1) is 23.3 Å². The molecule has 0 atom stereocenters. The average Bonchev–Trinajstić information content (AvgIpc) is 3.34. The summed E-state index contributed by atoms with van der Waals surface area (Å²) in [5.74, 6) is -9.08. The van der Waals surface area contributed by atoms with Crippen LogP contribution in [0.4, 0.5) is 29.1 Å². The second-order valence-electron chi connectivity index (χ2n) is 7.18. The normalized spacial score (nSPS) is 11.3. The predicted octanol–water partition coefficient (Wildman–Crippen LogP) is 4.91. The molecule has 37 heavy (non-hydrogen) atoms. The van der Waals surface area contributed by atoms with E-state index in [2.05, 4.69) is 20.2 Å². The number of anilines is 2. The number of sulfonamides is 1. The van der Waals surface area contributed by atoms with E-state index >= 15 is 0 Å². The summed E-state index contributed by atoms with van der Waals surface area (Å²) in [7, 11) is -4.00. The molecule has 0 unspecified atom stereocenters. The van der Waals surface area contributed by atoms with Gasteiger partial charge in [0.2, 0.25) is 11.6 Å². The second-order valence-corrected chi connectivity index (χ2v) is 9.25. The van der Waals surface area contributed by atoms with Crippen molar-refractivity contribution in [2.45, 2.75) is 11.5 Å². The number of carbonyl (C=O) groups is 1. The van der Waals surface area contributed by atoms with Crippen molar-refractivity contribution in [2.24, 2.45) is 0 Å². The van der Waals surface area contributed by atoms with Crippen LogP contribution in [0.15, 0.2) is 63.9 Å². The molecule has 0 radical (unpaired) electrons. The highest BCUT2D eigenvalue weighted by atomic mass is 35.5. The van der Waals surface area contributed by atoms with Crippen LogP contribution in [0.1, 0.15) is 16.3 Å². The number of aromatic nitrogens is 2. The summed E-state index contributed by atoms with van der Waals surface area (Å²) in [4.78, 5) is 12.3. The van der Waals surface area contributed by atoms with Gasteiger partial charge >= 0.3 is 0 Å². The third-order valence-electron chi connectivity index (χ3n) is 4.61. The summed E-state index contributed by atoms with van der Waals surface area (Å²) < 4.78 is 91.1. The molecule has 4 rings (SSSR count). The fraction of sp³-hybridized carbons (Fsp3) is 0.0455. The SMILES string of the molecule is O=C(Nc1ccc(S(=O)(=O)Nc2ccc(Cl)nn2)cc1)c1ccc(COc2c(F)c(F)cc(F)c2F)o1. The molecule has 0 saturated heterocycles. The third-order valence-corrected chi connectivity index (χ3v) is 6.18. The lowest BCUT2D eigenvalue weighted by molar-refractivity contribution is 0.0992. The van der Waals surface area contributed by atoms with Crippen LogP contribution in [0.2, 0.25) is 5.15 Å². The average molecular weight is 557 g/mol. The highest BCUT2D eigenvalue weighted by molar-refractivity contribution is 7.92. The van der Waals surface area contributed by atoms with Gasteiger partial charge in [0.1, 0.15) is 12.4 Å². The van der Waals surface area contributed by atoms with E-state index in [0.717, 1.165) is 0 Å². The maximum atomic E-state index is 13.7. The largest absolute Gasteiger partial charge is 0.479 e. The van der Waals surface area contributed by atoms with Crippen molar-refractivity contribution in [3.05, 3.63) is 94.5 Å².